The summed E-state index contributed by atoms with van der Waals surface area (Å²) in [5, 5.41) is 19.5. The average Bonchev–Trinajstić information content (AvgIpc) is 2.91. The van der Waals surface area contributed by atoms with Crippen molar-refractivity contribution in [2.75, 3.05) is 6.61 Å². The van der Waals surface area contributed by atoms with Crippen LogP contribution in [-0.2, 0) is 20.7 Å². The molecule has 0 unspecified atom stereocenters. The minimum Gasteiger partial charge on any atom is -0.508 e. The van der Waals surface area contributed by atoms with Gasteiger partial charge in [-0.25, -0.2) is 4.79 Å². The number of carbonyl (C=O) groups excluding carboxylic acids is 2. The molecule has 2 N–H and O–H groups in total. The van der Waals surface area contributed by atoms with E-state index in [-0.39, 0.29) is 18.1 Å². The number of carbonyl (C=O) groups is 3. The summed E-state index contributed by atoms with van der Waals surface area (Å²) < 4.78 is 6.14. The minimum absolute atomic E-state index is 0.0243. The van der Waals surface area contributed by atoms with E-state index in [0.29, 0.717) is 32.7 Å². The van der Waals surface area contributed by atoms with E-state index in [9.17, 15) is 19.5 Å². The SMILES string of the molecule is Cc1c(CC(=O)OCC(=O)O)c2cc(O)ccc2n1C(=O)c1ccc(Cl)cc1. The van der Waals surface area contributed by atoms with Gasteiger partial charge in [-0.1, -0.05) is 11.6 Å². The number of hydrogen-bond donors (Lipinski definition) is 2. The van der Waals surface area contributed by atoms with E-state index in [4.69, 9.17) is 21.4 Å². The lowest BCUT2D eigenvalue weighted by molar-refractivity contribution is -0.154. The summed E-state index contributed by atoms with van der Waals surface area (Å²) >= 11 is 5.88. The number of phenols is 1. The maximum atomic E-state index is 13.1. The molecule has 0 bridgehead atoms. The third-order valence-corrected chi connectivity index (χ3v) is 4.54. The Labute approximate surface area is 164 Å². The van der Waals surface area contributed by atoms with Gasteiger partial charge in [-0.15, -0.1) is 0 Å². The first-order valence-corrected chi connectivity index (χ1v) is 8.66. The molecule has 3 aromatic rings. The van der Waals surface area contributed by atoms with Crippen molar-refractivity contribution in [1.82, 2.24) is 4.57 Å². The number of carboxylic acids is 1. The van der Waals surface area contributed by atoms with Crippen molar-refractivity contribution in [3.63, 3.8) is 0 Å². The number of benzene rings is 2. The van der Waals surface area contributed by atoms with Crippen molar-refractivity contribution >= 4 is 40.3 Å². The van der Waals surface area contributed by atoms with E-state index < -0.39 is 18.5 Å². The Morgan fingerprint density at radius 1 is 1.11 bits per heavy atom. The van der Waals surface area contributed by atoms with Crippen LogP contribution in [-0.4, -0.2) is 39.2 Å². The van der Waals surface area contributed by atoms with Crippen molar-refractivity contribution in [1.29, 1.82) is 0 Å². The second-order valence-electron chi connectivity index (χ2n) is 6.14. The summed E-state index contributed by atoms with van der Waals surface area (Å²) in [6, 6.07) is 10.9. The summed E-state index contributed by atoms with van der Waals surface area (Å²) in [4.78, 5) is 35.7. The number of aromatic nitrogens is 1. The zero-order valence-electron chi connectivity index (χ0n) is 14.8. The maximum Gasteiger partial charge on any atom is 0.341 e. The molecule has 0 aliphatic heterocycles. The number of fused-ring (bicyclic) bond motifs is 1. The third-order valence-electron chi connectivity index (χ3n) is 4.29. The largest absolute Gasteiger partial charge is 0.508 e. The molecule has 1 aromatic heterocycles. The van der Waals surface area contributed by atoms with Gasteiger partial charge < -0.3 is 14.9 Å². The molecular weight excluding hydrogens is 386 g/mol. The Kier molecular flexibility index (Phi) is 5.37. The van der Waals surface area contributed by atoms with Gasteiger partial charge in [0.05, 0.1) is 11.9 Å². The Morgan fingerprint density at radius 3 is 2.43 bits per heavy atom. The van der Waals surface area contributed by atoms with E-state index in [2.05, 4.69) is 0 Å². The first-order valence-electron chi connectivity index (χ1n) is 8.28. The highest BCUT2D eigenvalue weighted by Crippen LogP contribution is 2.30. The molecule has 144 valence electrons. The molecule has 0 radical (unpaired) electrons. The van der Waals surface area contributed by atoms with Crippen molar-refractivity contribution in [3.05, 3.63) is 64.3 Å². The second-order valence-corrected chi connectivity index (χ2v) is 6.58. The highest BCUT2D eigenvalue weighted by Gasteiger charge is 2.22. The molecule has 8 heteroatoms. The average molecular weight is 402 g/mol. The number of ether oxygens (including phenoxy) is 1. The second kappa shape index (κ2) is 7.74. The lowest BCUT2D eigenvalue weighted by atomic mass is 10.1. The predicted octanol–water partition coefficient (Wildman–Crippen LogP) is 3.17. The van der Waals surface area contributed by atoms with Crippen LogP contribution in [0.1, 0.15) is 21.6 Å². The van der Waals surface area contributed by atoms with Gasteiger partial charge in [-0.3, -0.25) is 14.2 Å². The first-order chi connectivity index (χ1) is 13.3. The number of halogens is 1. The van der Waals surface area contributed by atoms with E-state index >= 15 is 0 Å². The predicted molar refractivity (Wildman–Crippen MR) is 102 cm³/mol. The van der Waals surface area contributed by atoms with Gasteiger partial charge >= 0.3 is 11.9 Å². The van der Waals surface area contributed by atoms with Gasteiger partial charge in [0.25, 0.3) is 5.91 Å². The Morgan fingerprint density at radius 2 is 1.79 bits per heavy atom. The van der Waals surface area contributed by atoms with Crippen LogP contribution in [0, 0.1) is 6.92 Å². The highest BCUT2D eigenvalue weighted by molar-refractivity contribution is 6.30. The number of aliphatic carboxylic acids is 1. The number of hydrogen-bond acceptors (Lipinski definition) is 5. The molecule has 7 nitrogen and oxygen atoms in total. The number of aromatic hydroxyl groups is 1. The highest BCUT2D eigenvalue weighted by atomic mass is 35.5. The Balaban J connectivity index is 2.07. The fraction of sp³-hybridized carbons (Fsp3) is 0.150. The molecule has 0 fully saturated rings. The standard InChI is InChI=1S/C20H16ClNO6/c1-11-15(9-19(26)28-10-18(24)25)16-8-14(23)6-7-17(16)22(11)20(27)12-2-4-13(21)5-3-12/h2-8,23H,9-10H2,1H3,(H,24,25). The van der Waals surface area contributed by atoms with Crippen LogP contribution in [0.15, 0.2) is 42.5 Å². The molecular formula is C20H16ClNO6. The third kappa shape index (κ3) is 3.84. The maximum absolute atomic E-state index is 13.1. The molecule has 0 aliphatic carbocycles. The zero-order chi connectivity index (χ0) is 20.4. The quantitative estimate of drug-likeness (QED) is 0.636. The fourth-order valence-corrected chi connectivity index (χ4v) is 3.14. The van der Waals surface area contributed by atoms with Crippen LogP contribution in [0.25, 0.3) is 10.9 Å². The number of carboxylic acid groups (broad SMARTS) is 1. The Bertz CT molecular complexity index is 1080. The summed E-state index contributed by atoms with van der Waals surface area (Å²) in [5.41, 5.74) is 1.88. The van der Waals surface area contributed by atoms with E-state index in [1.54, 1.807) is 37.3 Å². The van der Waals surface area contributed by atoms with Gasteiger partial charge in [0, 0.05) is 21.7 Å². The molecule has 2 aromatic carbocycles. The van der Waals surface area contributed by atoms with Crippen LogP contribution < -0.4 is 0 Å². The molecule has 0 atom stereocenters. The summed E-state index contributed by atoms with van der Waals surface area (Å²) in [5.74, 6) is -2.35. The van der Waals surface area contributed by atoms with Gasteiger partial charge in [-0.2, -0.15) is 0 Å². The normalized spacial score (nSPS) is 10.8. The number of nitrogens with zero attached hydrogens (tertiary/aromatic N) is 1. The fourth-order valence-electron chi connectivity index (χ4n) is 3.02. The molecule has 0 saturated carbocycles. The molecule has 28 heavy (non-hydrogen) atoms. The summed E-state index contributed by atoms with van der Waals surface area (Å²) in [7, 11) is 0. The monoisotopic (exact) mass is 401 g/mol. The molecule has 1 heterocycles. The minimum atomic E-state index is -1.26. The van der Waals surface area contributed by atoms with Crippen molar-refractivity contribution < 1.29 is 29.3 Å². The van der Waals surface area contributed by atoms with Crippen molar-refractivity contribution in [3.8, 4) is 5.75 Å². The van der Waals surface area contributed by atoms with Crippen LogP contribution in [0.5, 0.6) is 5.75 Å². The van der Waals surface area contributed by atoms with E-state index in [1.807, 2.05) is 0 Å². The zero-order valence-corrected chi connectivity index (χ0v) is 15.6. The summed E-state index contributed by atoms with van der Waals surface area (Å²) in [6.45, 7) is 0.927. The van der Waals surface area contributed by atoms with Crippen molar-refractivity contribution in [2.45, 2.75) is 13.3 Å². The van der Waals surface area contributed by atoms with Crippen LogP contribution in [0.3, 0.4) is 0 Å². The lowest BCUT2D eigenvalue weighted by Gasteiger charge is -2.08. The van der Waals surface area contributed by atoms with E-state index in [0.717, 1.165) is 0 Å². The van der Waals surface area contributed by atoms with Gasteiger partial charge in [0.15, 0.2) is 6.61 Å². The number of rotatable bonds is 5. The van der Waals surface area contributed by atoms with Crippen LogP contribution in [0.2, 0.25) is 5.02 Å². The molecule has 0 spiro atoms. The van der Waals surface area contributed by atoms with E-state index in [1.165, 1.54) is 16.7 Å². The van der Waals surface area contributed by atoms with Crippen molar-refractivity contribution in [2.24, 2.45) is 0 Å². The number of esters is 1. The van der Waals surface area contributed by atoms with Gasteiger partial charge in [-0.05, 0) is 55.0 Å². The van der Waals surface area contributed by atoms with Crippen LogP contribution in [0.4, 0.5) is 0 Å². The topological polar surface area (TPSA) is 106 Å². The smallest absolute Gasteiger partial charge is 0.341 e. The lowest BCUT2D eigenvalue weighted by Crippen LogP contribution is -2.16. The number of phenolic OH excluding ortho intramolecular Hbond substituents is 1. The molecule has 0 aliphatic rings. The first kappa shape index (κ1) is 19.4. The van der Waals surface area contributed by atoms with Crippen LogP contribution >= 0.6 is 11.6 Å². The summed E-state index contributed by atoms with van der Waals surface area (Å²) in [6.07, 6.45) is -0.236. The van der Waals surface area contributed by atoms with Gasteiger partial charge in [0.1, 0.15) is 5.75 Å². The molecule has 3 rings (SSSR count). The Hall–Kier alpha value is -3.32. The molecule has 0 saturated heterocycles. The molecule has 0 amide bonds. The van der Waals surface area contributed by atoms with Gasteiger partial charge in [0.2, 0.25) is 0 Å².